The van der Waals surface area contributed by atoms with E-state index >= 15 is 0 Å². The minimum atomic E-state index is -0.00906. The fourth-order valence-electron chi connectivity index (χ4n) is 3.32. The average molecular weight is 270 g/mol. The monoisotopic (exact) mass is 270 g/mol. The first-order chi connectivity index (χ1) is 9.23. The molecule has 2 saturated carbocycles. The van der Waals surface area contributed by atoms with Crippen LogP contribution in [0.25, 0.3) is 0 Å². The molecule has 2 atom stereocenters. The summed E-state index contributed by atoms with van der Waals surface area (Å²) in [5.74, 6) is 0. The molecule has 2 N–H and O–H groups in total. The van der Waals surface area contributed by atoms with Gasteiger partial charge < -0.3 is 15.2 Å². The van der Waals surface area contributed by atoms with E-state index in [-0.39, 0.29) is 12.1 Å². The molecule has 2 aliphatic carbocycles. The van der Waals surface area contributed by atoms with Gasteiger partial charge in [0, 0.05) is 30.8 Å². The molecule has 0 saturated heterocycles. The summed E-state index contributed by atoms with van der Waals surface area (Å²) in [6.07, 6.45) is 5.96. The molecule has 4 nitrogen and oxygen atoms in total. The number of hydrogen-bond donors (Lipinski definition) is 2. The molecular weight excluding hydrogens is 240 g/mol. The third kappa shape index (κ3) is 4.15. The van der Waals surface area contributed by atoms with Crippen molar-refractivity contribution in [1.29, 1.82) is 0 Å². The van der Waals surface area contributed by atoms with E-state index in [1.54, 1.807) is 0 Å². The Kier molecular flexibility index (Phi) is 5.63. The Balaban J connectivity index is 1.83. The highest BCUT2D eigenvalue weighted by Gasteiger charge is 2.43. The van der Waals surface area contributed by atoms with Gasteiger partial charge in [-0.1, -0.05) is 6.92 Å². The fraction of sp³-hybridized carbons (Fsp3) is 1.00. The zero-order chi connectivity index (χ0) is 13.7. The number of aliphatic hydroxyl groups is 1. The molecule has 4 heteroatoms. The molecular formula is C15H30N2O2. The summed E-state index contributed by atoms with van der Waals surface area (Å²) in [6.45, 7) is 8.25. The van der Waals surface area contributed by atoms with Crippen LogP contribution >= 0.6 is 0 Å². The molecule has 0 aromatic heterocycles. The molecule has 2 rings (SSSR count). The summed E-state index contributed by atoms with van der Waals surface area (Å²) < 4.78 is 5.47. The highest BCUT2D eigenvalue weighted by Crippen LogP contribution is 2.36. The molecule has 0 bridgehead atoms. The van der Waals surface area contributed by atoms with Crippen molar-refractivity contribution in [3.05, 3.63) is 0 Å². The first-order valence-corrected chi connectivity index (χ1v) is 7.93. The van der Waals surface area contributed by atoms with Crippen molar-refractivity contribution in [1.82, 2.24) is 10.2 Å². The lowest BCUT2D eigenvalue weighted by molar-refractivity contribution is 0.0913. The van der Waals surface area contributed by atoms with Crippen LogP contribution in [0.3, 0.4) is 0 Å². The van der Waals surface area contributed by atoms with Gasteiger partial charge in [-0.25, -0.2) is 0 Å². The molecule has 0 radical (unpaired) electrons. The van der Waals surface area contributed by atoms with E-state index < -0.39 is 0 Å². The number of hydrogen-bond acceptors (Lipinski definition) is 4. The van der Waals surface area contributed by atoms with Crippen LogP contribution in [0.4, 0.5) is 0 Å². The molecule has 2 aliphatic rings. The molecule has 0 amide bonds. The Morgan fingerprint density at radius 2 is 2.11 bits per heavy atom. The molecule has 2 fully saturated rings. The number of nitrogens with one attached hydrogen (secondary N) is 1. The van der Waals surface area contributed by atoms with Crippen molar-refractivity contribution >= 4 is 0 Å². The Labute approximate surface area is 117 Å². The SMILES string of the molecule is CCOCCN(CC)C1CCC(CO)(NC2CC2)C1. The van der Waals surface area contributed by atoms with Crippen molar-refractivity contribution in [3.63, 3.8) is 0 Å². The van der Waals surface area contributed by atoms with E-state index in [9.17, 15) is 5.11 Å². The minimum Gasteiger partial charge on any atom is -0.394 e. The normalized spacial score (nSPS) is 31.3. The first-order valence-electron chi connectivity index (χ1n) is 7.93. The van der Waals surface area contributed by atoms with Gasteiger partial charge in [-0.05, 0) is 45.6 Å². The van der Waals surface area contributed by atoms with Gasteiger partial charge in [-0.3, -0.25) is 4.90 Å². The largest absolute Gasteiger partial charge is 0.394 e. The summed E-state index contributed by atoms with van der Waals surface area (Å²) >= 11 is 0. The molecule has 112 valence electrons. The van der Waals surface area contributed by atoms with Crippen LogP contribution in [0.15, 0.2) is 0 Å². The predicted octanol–water partition coefficient (Wildman–Crippen LogP) is 1.38. The van der Waals surface area contributed by atoms with Crippen LogP contribution in [0.1, 0.15) is 46.0 Å². The summed E-state index contributed by atoms with van der Waals surface area (Å²) in [7, 11) is 0. The Morgan fingerprint density at radius 3 is 2.68 bits per heavy atom. The Morgan fingerprint density at radius 1 is 1.32 bits per heavy atom. The summed E-state index contributed by atoms with van der Waals surface area (Å²) in [5.41, 5.74) is -0.00906. The van der Waals surface area contributed by atoms with Gasteiger partial charge in [0.1, 0.15) is 0 Å². The second-order valence-corrected chi connectivity index (χ2v) is 6.08. The van der Waals surface area contributed by atoms with E-state index in [4.69, 9.17) is 4.74 Å². The zero-order valence-electron chi connectivity index (χ0n) is 12.5. The first kappa shape index (κ1) is 15.2. The lowest BCUT2D eigenvalue weighted by atomic mass is 9.98. The van der Waals surface area contributed by atoms with Crippen LogP contribution in [-0.2, 0) is 4.74 Å². The average Bonchev–Trinajstić information content (AvgIpc) is 3.13. The van der Waals surface area contributed by atoms with Crippen molar-refractivity contribution in [3.8, 4) is 0 Å². The number of rotatable bonds is 9. The van der Waals surface area contributed by atoms with Crippen LogP contribution in [-0.4, -0.2) is 60.5 Å². The van der Waals surface area contributed by atoms with Gasteiger partial charge in [-0.2, -0.15) is 0 Å². The van der Waals surface area contributed by atoms with Crippen LogP contribution in [0.2, 0.25) is 0 Å². The zero-order valence-corrected chi connectivity index (χ0v) is 12.5. The third-order valence-electron chi connectivity index (χ3n) is 4.62. The highest BCUT2D eigenvalue weighted by molar-refractivity contribution is 5.03. The standard InChI is InChI=1S/C15H30N2O2/c1-3-17(9-10-19-4-2)14-7-8-15(11-14,12-18)16-13-5-6-13/h13-14,16,18H,3-12H2,1-2H3. The maximum atomic E-state index is 9.77. The van der Waals surface area contributed by atoms with Crippen molar-refractivity contribution < 1.29 is 9.84 Å². The van der Waals surface area contributed by atoms with Crippen molar-refractivity contribution in [2.24, 2.45) is 0 Å². The second-order valence-electron chi connectivity index (χ2n) is 6.08. The molecule has 0 spiro atoms. The number of aliphatic hydroxyl groups excluding tert-OH is 1. The molecule has 0 aliphatic heterocycles. The molecule has 0 aromatic rings. The van der Waals surface area contributed by atoms with Crippen LogP contribution < -0.4 is 5.32 Å². The Hall–Kier alpha value is -0.160. The Bertz CT molecular complexity index is 271. The van der Waals surface area contributed by atoms with Crippen molar-refractivity contribution in [2.45, 2.75) is 63.6 Å². The van der Waals surface area contributed by atoms with Gasteiger partial charge in [0.25, 0.3) is 0 Å². The lowest BCUT2D eigenvalue weighted by Crippen LogP contribution is -2.49. The van der Waals surface area contributed by atoms with E-state index in [1.165, 1.54) is 19.3 Å². The molecule has 19 heavy (non-hydrogen) atoms. The van der Waals surface area contributed by atoms with Crippen molar-refractivity contribution in [2.75, 3.05) is 32.9 Å². The molecule has 0 heterocycles. The van der Waals surface area contributed by atoms with Gasteiger partial charge in [-0.15, -0.1) is 0 Å². The third-order valence-corrected chi connectivity index (χ3v) is 4.62. The smallest absolute Gasteiger partial charge is 0.0614 e. The molecule has 0 aromatic carbocycles. The lowest BCUT2D eigenvalue weighted by Gasteiger charge is -2.32. The quantitative estimate of drug-likeness (QED) is 0.621. The fourth-order valence-corrected chi connectivity index (χ4v) is 3.32. The summed E-state index contributed by atoms with van der Waals surface area (Å²) in [5, 5.41) is 13.5. The highest BCUT2D eigenvalue weighted by atomic mass is 16.5. The number of ether oxygens (including phenoxy) is 1. The van der Waals surface area contributed by atoms with E-state index in [0.717, 1.165) is 39.1 Å². The topological polar surface area (TPSA) is 44.7 Å². The van der Waals surface area contributed by atoms with Crippen LogP contribution in [0, 0.1) is 0 Å². The number of likely N-dealkylation sites (N-methyl/N-ethyl adjacent to an activating group) is 1. The van der Waals surface area contributed by atoms with Gasteiger partial charge in [0.2, 0.25) is 0 Å². The summed E-state index contributed by atoms with van der Waals surface area (Å²) in [4.78, 5) is 2.52. The van der Waals surface area contributed by atoms with Crippen LogP contribution in [0.5, 0.6) is 0 Å². The van der Waals surface area contributed by atoms with E-state index in [2.05, 4.69) is 17.1 Å². The predicted molar refractivity (Wildman–Crippen MR) is 77.4 cm³/mol. The van der Waals surface area contributed by atoms with Gasteiger partial charge in [0.15, 0.2) is 0 Å². The molecule has 2 unspecified atom stereocenters. The maximum Gasteiger partial charge on any atom is 0.0614 e. The summed E-state index contributed by atoms with van der Waals surface area (Å²) in [6, 6.07) is 1.27. The number of nitrogens with zero attached hydrogens (tertiary/aromatic N) is 1. The van der Waals surface area contributed by atoms with E-state index in [0.29, 0.717) is 12.1 Å². The van der Waals surface area contributed by atoms with Gasteiger partial charge in [0.05, 0.1) is 13.2 Å². The maximum absolute atomic E-state index is 9.77. The van der Waals surface area contributed by atoms with Gasteiger partial charge >= 0.3 is 0 Å². The minimum absolute atomic E-state index is 0.00906. The van der Waals surface area contributed by atoms with E-state index in [1.807, 2.05) is 6.92 Å². The second kappa shape index (κ2) is 7.02.